The quantitative estimate of drug-likeness (QED) is 0.353. The minimum absolute atomic E-state index is 0.0228. The fourth-order valence-electron chi connectivity index (χ4n) is 1.14. The van der Waals surface area contributed by atoms with Crippen LogP contribution >= 0.6 is 0 Å². The Bertz CT molecular complexity index is 497. The van der Waals surface area contributed by atoms with Gasteiger partial charge in [-0.1, -0.05) is 0 Å². The van der Waals surface area contributed by atoms with Crippen LogP contribution in [0.3, 0.4) is 0 Å². The van der Waals surface area contributed by atoms with Crippen molar-refractivity contribution in [1.82, 2.24) is 0 Å². The molecule has 16 heavy (non-hydrogen) atoms. The third kappa shape index (κ3) is 2.42. The molecular weight excluding hydrogens is 238 g/mol. The Labute approximate surface area is 91.5 Å². The van der Waals surface area contributed by atoms with Crippen LogP contribution < -0.4 is 5.73 Å². The first-order chi connectivity index (χ1) is 7.27. The average Bonchev–Trinajstić information content (AvgIpc) is 2.18. The average molecular weight is 249 g/mol. The van der Waals surface area contributed by atoms with E-state index in [1.54, 1.807) is 0 Å². The Balaban J connectivity index is 3.45. The molecule has 0 heterocycles. The number of benzene rings is 1. The molecule has 0 aliphatic carbocycles. The van der Waals surface area contributed by atoms with Gasteiger partial charge in [0.2, 0.25) is 0 Å². The summed E-state index contributed by atoms with van der Waals surface area (Å²) in [4.78, 5) is -0.880. The van der Waals surface area contributed by atoms with Gasteiger partial charge in [0, 0.05) is 6.54 Å². The predicted molar refractivity (Wildman–Crippen MR) is 53.6 cm³/mol. The fourth-order valence-corrected chi connectivity index (χ4v) is 1.77. The Hall–Kier alpha value is -1.35. The van der Waals surface area contributed by atoms with E-state index in [1.165, 1.54) is 0 Å². The van der Waals surface area contributed by atoms with Gasteiger partial charge in [-0.2, -0.15) is 8.42 Å². The number of phenolic OH excluding ortho intramolecular Hbond substituents is 2. The van der Waals surface area contributed by atoms with Gasteiger partial charge in [0.05, 0.1) is 6.10 Å². The highest BCUT2D eigenvalue weighted by Gasteiger charge is 2.21. The summed E-state index contributed by atoms with van der Waals surface area (Å²) in [5, 5.41) is 27.8. The lowest BCUT2D eigenvalue weighted by Gasteiger charge is -2.11. The number of aliphatic hydroxyl groups excluding tert-OH is 1. The highest BCUT2D eigenvalue weighted by atomic mass is 32.2. The number of nitrogens with two attached hydrogens (primary N) is 1. The van der Waals surface area contributed by atoms with Crippen LogP contribution in [0, 0.1) is 0 Å². The van der Waals surface area contributed by atoms with Crippen molar-refractivity contribution < 1.29 is 28.3 Å². The second-order valence-electron chi connectivity index (χ2n) is 3.11. The van der Waals surface area contributed by atoms with Gasteiger partial charge in [-0.25, -0.2) is 0 Å². The van der Waals surface area contributed by atoms with Crippen LogP contribution in [0.25, 0.3) is 0 Å². The van der Waals surface area contributed by atoms with E-state index in [9.17, 15) is 23.7 Å². The first-order valence-electron chi connectivity index (χ1n) is 4.19. The monoisotopic (exact) mass is 249 g/mol. The van der Waals surface area contributed by atoms with Gasteiger partial charge < -0.3 is 21.1 Å². The Morgan fingerprint density at radius 3 is 2.31 bits per heavy atom. The number of hydrogen-bond donors (Lipinski definition) is 5. The molecule has 0 fully saturated rings. The maximum Gasteiger partial charge on any atom is 0.298 e. The van der Waals surface area contributed by atoms with Crippen molar-refractivity contribution in [3.05, 3.63) is 17.7 Å². The first kappa shape index (κ1) is 12.7. The predicted octanol–water partition coefficient (Wildman–Crippen LogP) is -0.663. The van der Waals surface area contributed by atoms with Gasteiger partial charge in [0.15, 0.2) is 11.5 Å². The molecule has 6 N–H and O–H groups in total. The third-order valence-corrected chi connectivity index (χ3v) is 2.83. The Kier molecular flexibility index (Phi) is 3.38. The normalized spacial score (nSPS) is 13.7. The largest absolute Gasteiger partial charge is 0.504 e. The second-order valence-corrected chi connectivity index (χ2v) is 4.50. The van der Waals surface area contributed by atoms with Crippen molar-refractivity contribution in [3.63, 3.8) is 0 Å². The highest BCUT2D eigenvalue weighted by Crippen LogP contribution is 2.35. The summed E-state index contributed by atoms with van der Waals surface area (Å²) in [5.41, 5.74) is 5.12. The summed E-state index contributed by atoms with van der Waals surface area (Å²) in [5.74, 6) is -1.74. The summed E-state index contributed by atoms with van der Waals surface area (Å²) in [6.07, 6.45) is -1.20. The van der Waals surface area contributed by atoms with E-state index in [1.807, 2.05) is 0 Å². The van der Waals surface area contributed by atoms with E-state index in [2.05, 4.69) is 0 Å². The molecule has 0 saturated heterocycles. The van der Waals surface area contributed by atoms with Crippen molar-refractivity contribution in [1.29, 1.82) is 0 Å². The zero-order chi connectivity index (χ0) is 12.5. The van der Waals surface area contributed by atoms with Crippen LogP contribution in [0.2, 0.25) is 0 Å². The van der Waals surface area contributed by atoms with Gasteiger partial charge in [-0.05, 0) is 17.7 Å². The summed E-state index contributed by atoms with van der Waals surface area (Å²) in [7, 11) is -4.68. The molecule has 0 amide bonds. The van der Waals surface area contributed by atoms with E-state index in [-0.39, 0.29) is 12.1 Å². The lowest BCUT2D eigenvalue weighted by atomic mass is 10.1. The van der Waals surface area contributed by atoms with Crippen molar-refractivity contribution in [3.8, 4) is 11.5 Å². The number of hydrogen-bond acceptors (Lipinski definition) is 6. The van der Waals surface area contributed by atoms with Crippen molar-refractivity contribution in [2.45, 2.75) is 11.0 Å². The van der Waals surface area contributed by atoms with Gasteiger partial charge in [0.1, 0.15) is 4.90 Å². The number of aliphatic hydroxyl groups is 1. The fraction of sp³-hybridized carbons (Fsp3) is 0.250. The van der Waals surface area contributed by atoms with Gasteiger partial charge in [0.25, 0.3) is 10.1 Å². The molecule has 90 valence electrons. The van der Waals surface area contributed by atoms with Crippen molar-refractivity contribution in [2.24, 2.45) is 5.73 Å². The molecule has 0 spiro atoms. The maximum absolute atomic E-state index is 10.8. The second kappa shape index (κ2) is 4.26. The molecule has 0 radical (unpaired) electrons. The molecule has 8 heteroatoms. The molecule has 1 unspecified atom stereocenters. The van der Waals surface area contributed by atoms with Crippen LogP contribution in [-0.2, 0) is 10.1 Å². The number of rotatable bonds is 3. The zero-order valence-electron chi connectivity index (χ0n) is 8.03. The molecule has 0 saturated carbocycles. The van der Waals surface area contributed by atoms with Crippen LogP contribution in [0.4, 0.5) is 0 Å². The molecule has 1 aromatic rings. The lowest BCUT2D eigenvalue weighted by Crippen LogP contribution is -2.12. The highest BCUT2D eigenvalue weighted by molar-refractivity contribution is 7.86. The van der Waals surface area contributed by atoms with Crippen LogP contribution in [-0.4, -0.2) is 34.8 Å². The molecule has 7 nitrogen and oxygen atoms in total. The molecule has 1 rings (SSSR count). The third-order valence-electron chi connectivity index (χ3n) is 1.96. The molecular formula is C8H11NO6S. The Morgan fingerprint density at radius 1 is 1.31 bits per heavy atom. The van der Waals surface area contributed by atoms with E-state index < -0.39 is 32.6 Å². The summed E-state index contributed by atoms with van der Waals surface area (Å²) in [6, 6.07) is 1.80. The molecule has 0 bridgehead atoms. The summed E-state index contributed by atoms with van der Waals surface area (Å²) >= 11 is 0. The van der Waals surface area contributed by atoms with Crippen molar-refractivity contribution in [2.75, 3.05) is 6.54 Å². The molecule has 0 aliphatic rings. The molecule has 0 aliphatic heterocycles. The minimum atomic E-state index is -4.68. The molecule has 1 aromatic carbocycles. The number of aromatic hydroxyl groups is 2. The van der Waals surface area contributed by atoms with Crippen molar-refractivity contribution >= 4 is 10.1 Å². The first-order valence-corrected chi connectivity index (χ1v) is 5.63. The summed E-state index contributed by atoms with van der Waals surface area (Å²) in [6.45, 7) is -0.199. The summed E-state index contributed by atoms with van der Waals surface area (Å²) < 4.78 is 30.4. The SMILES string of the molecule is NCC(O)c1cc(O)c(O)c(S(=O)(=O)O)c1. The van der Waals surface area contributed by atoms with Gasteiger partial charge in [-0.15, -0.1) is 0 Å². The van der Waals surface area contributed by atoms with Crippen LogP contribution in [0.5, 0.6) is 11.5 Å². The van der Waals surface area contributed by atoms with Gasteiger partial charge in [-0.3, -0.25) is 4.55 Å². The topological polar surface area (TPSA) is 141 Å². The minimum Gasteiger partial charge on any atom is -0.504 e. The smallest absolute Gasteiger partial charge is 0.298 e. The number of phenols is 2. The van der Waals surface area contributed by atoms with E-state index >= 15 is 0 Å². The van der Waals surface area contributed by atoms with Gasteiger partial charge >= 0.3 is 0 Å². The van der Waals surface area contributed by atoms with E-state index in [0.29, 0.717) is 0 Å². The van der Waals surface area contributed by atoms with E-state index in [0.717, 1.165) is 12.1 Å². The maximum atomic E-state index is 10.8. The molecule has 1 atom stereocenters. The van der Waals surface area contributed by atoms with Crippen LogP contribution in [0.1, 0.15) is 11.7 Å². The van der Waals surface area contributed by atoms with Crippen LogP contribution in [0.15, 0.2) is 17.0 Å². The zero-order valence-corrected chi connectivity index (χ0v) is 8.85. The van der Waals surface area contributed by atoms with E-state index in [4.69, 9.17) is 10.3 Å². The standard InChI is InChI=1S/C8H11NO6S/c9-3-6(11)4-1-5(10)8(12)7(2-4)16(13,14)15/h1-2,6,10-12H,3,9H2,(H,13,14,15). The lowest BCUT2D eigenvalue weighted by molar-refractivity contribution is 0.186. The Morgan fingerprint density at radius 2 is 1.88 bits per heavy atom. The molecule has 0 aromatic heterocycles.